The smallest absolute Gasteiger partial charge is 0.276 e. The van der Waals surface area contributed by atoms with Crippen LogP contribution in [0.25, 0.3) is 0 Å². The van der Waals surface area contributed by atoms with Gasteiger partial charge in [0.25, 0.3) is 5.69 Å². The van der Waals surface area contributed by atoms with E-state index in [9.17, 15) is 10.1 Å². The average molecular weight is 343 g/mol. The largest absolute Gasteiger partial charge is 0.339 e. The molecule has 0 unspecified atom stereocenters. The Morgan fingerprint density at radius 3 is 2.79 bits per heavy atom. The number of rotatable bonds is 3. The highest BCUT2D eigenvalue weighted by Crippen LogP contribution is 2.28. The molecule has 0 saturated heterocycles. The molecule has 1 N–H and O–H groups in total. The van der Waals surface area contributed by atoms with E-state index in [0.717, 1.165) is 15.7 Å². The second-order valence-electron chi connectivity index (χ2n) is 3.90. The van der Waals surface area contributed by atoms with E-state index in [1.807, 2.05) is 25.1 Å². The number of aromatic nitrogens is 1. The van der Waals surface area contributed by atoms with Crippen LogP contribution in [-0.2, 0) is 0 Å². The highest BCUT2D eigenvalue weighted by Gasteiger charge is 2.11. The summed E-state index contributed by atoms with van der Waals surface area (Å²) in [6.45, 7) is 1.95. The Labute approximate surface area is 122 Å². The summed E-state index contributed by atoms with van der Waals surface area (Å²) in [4.78, 5) is 14.3. The quantitative estimate of drug-likeness (QED) is 0.508. The maximum Gasteiger partial charge on any atom is 0.276 e. The molecule has 0 amide bonds. The molecule has 0 spiro atoms. The van der Waals surface area contributed by atoms with E-state index < -0.39 is 4.92 Å². The molecule has 5 nitrogen and oxygen atoms in total. The summed E-state index contributed by atoms with van der Waals surface area (Å²) >= 11 is 9.16. The fraction of sp³-hybridized carbons (Fsp3) is 0.0833. The van der Waals surface area contributed by atoms with Crippen molar-refractivity contribution >= 4 is 44.7 Å². The van der Waals surface area contributed by atoms with E-state index in [2.05, 4.69) is 26.2 Å². The zero-order valence-corrected chi connectivity index (χ0v) is 12.2. The van der Waals surface area contributed by atoms with Crippen molar-refractivity contribution in [2.75, 3.05) is 5.32 Å². The molecule has 0 radical (unpaired) electrons. The highest BCUT2D eigenvalue weighted by atomic mass is 79.9. The Bertz CT molecular complexity index is 649. The highest BCUT2D eigenvalue weighted by molar-refractivity contribution is 9.10. The predicted molar refractivity (Wildman–Crippen MR) is 78.1 cm³/mol. The van der Waals surface area contributed by atoms with E-state index in [1.54, 1.807) is 0 Å². The van der Waals surface area contributed by atoms with Crippen molar-refractivity contribution in [1.82, 2.24) is 4.98 Å². The van der Waals surface area contributed by atoms with Crippen LogP contribution in [0.1, 0.15) is 5.56 Å². The van der Waals surface area contributed by atoms with Gasteiger partial charge in [-0.1, -0.05) is 17.7 Å². The van der Waals surface area contributed by atoms with Crippen LogP contribution in [-0.4, -0.2) is 9.91 Å². The normalized spacial score (nSPS) is 10.3. The summed E-state index contributed by atoms with van der Waals surface area (Å²) in [5, 5.41) is 13.8. The SMILES string of the molecule is Cc1ccc(Br)c(Nc2cc([N+](=O)[O-])cc(Cl)n2)c1. The molecule has 0 aliphatic carbocycles. The van der Waals surface area contributed by atoms with E-state index >= 15 is 0 Å². The minimum Gasteiger partial charge on any atom is -0.339 e. The van der Waals surface area contributed by atoms with Gasteiger partial charge >= 0.3 is 0 Å². The lowest BCUT2D eigenvalue weighted by molar-refractivity contribution is -0.384. The number of anilines is 2. The molecule has 19 heavy (non-hydrogen) atoms. The molecule has 1 heterocycles. The Balaban J connectivity index is 2.38. The number of hydrogen-bond donors (Lipinski definition) is 1. The lowest BCUT2D eigenvalue weighted by Gasteiger charge is -2.09. The number of nitro groups is 1. The fourth-order valence-corrected chi connectivity index (χ4v) is 2.07. The fourth-order valence-electron chi connectivity index (χ4n) is 1.53. The third-order valence-electron chi connectivity index (χ3n) is 2.37. The Kier molecular flexibility index (Phi) is 4.01. The van der Waals surface area contributed by atoms with Crippen molar-refractivity contribution in [3.8, 4) is 0 Å². The summed E-state index contributed by atoms with van der Waals surface area (Å²) in [6, 6.07) is 8.27. The van der Waals surface area contributed by atoms with Gasteiger partial charge in [0.1, 0.15) is 11.0 Å². The maximum absolute atomic E-state index is 10.8. The van der Waals surface area contributed by atoms with Gasteiger partial charge < -0.3 is 5.32 Å². The van der Waals surface area contributed by atoms with Crippen LogP contribution >= 0.6 is 27.5 Å². The minimum atomic E-state index is -0.510. The second-order valence-corrected chi connectivity index (χ2v) is 5.14. The van der Waals surface area contributed by atoms with Crippen LogP contribution in [0.3, 0.4) is 0 Å². The Morgan fingerprint density at radius 2 is 2.11 bits per heavy atom. The van der Waals surface area contributed by atoms with Crippen LogP contribution in [0, 0.1) is 17.0 Å². The summed E-state index contributed by atoms with van der Waals surface area (Å²) in [6.07, 6.45) is 0. The van der Waals surface area contributed by atoms with Crippen LogP contribution in [0.4, 0.5) is 17.2 Å². The van der Waals surface area contributed by atoms with Gasteiger partial charge in [-0.25, -0.2) is 4.98 Å². The molecule has 2 rings (SSSR count). The van der Waals surface area contributed by atoms with Crippen LogP contribution < -0.4 is 5.32 Å². The molecule has 0 fully saturated rings. The molecule has 0 atom stereocenters. The minimum absolute atomic E-state index is 0.0699. The standard InChI is InChI=1S/C12H9BrClN3O2/c1-7-2-3-9(13)10(4-7)15-12-6-8(17(18)19)5-11(14)16-12/h2-6H,1H3,(H,15,16). The first-order chi connectivity index (χ1) is 8.95. The molecule has 0 bridgehead atoms. The van der Waals surface area contributed by atoms with Crippen molar-refractivity contribution < 1.29 is 4.92 Å². The first kappa shape index (κ1) is 13.8. The van der Waals surface area contributed by atoms with E-state index in [-0.39, 0.29) is 10.8 Å². The number of nitrogens with one attached hydrogen (secondary N) is 1. The van der Waals surface area contributed by atoms with Crippen molar-refractivity contribution in [3.63, 3.8) is 0 Å². The Morgan fingerprint density at radius 1 is 1.37 bits per heavy atom. The van der Waals surface area contributed by atoms with Gasteiger partial charge in [0.2, 0.25) is 0 Å². The molecule has 1 aromatic carbocycles. The summed E-state index contributed by atoms with van der Waals surface area (Å²) in [5.41, 5.74) is 1.72. The molecule has 0 aliphatic heterocycles. The first-order valence-corrected chi connectivity index (χ1v) is 6.48. The predicted octanol–water partition coefficient (Wildman–Crippen LogP) is 4.46. The van der Waals surface area contributed by atoms with Gasteiger partial charge in [-0.05, 0) is 40.5 Å². The first-order valence-electron chi connectivity index (χ1n) is 5.31. The number of hydrogen-bond acceptors (Lipinski definition) is 4. The van der Waals surface area contributed by atoms with Crippen LogP contribution in [0.5, 0.6) is 0 Å². The number of halogens is 2. The van der Waals surface area contributed by atoms with Gasteiger partial charge in [-0.3, -0.25) is 10.1 Å². The molecular formula is C12H9BrClN3O2. The van der Waals surface area contributed by atoms with Crippen molar-refractivity contribution in [1.29, 1.82) is 0 Å². The third kappa shape index (κ3) is 3.42. The van der Waals surface area contributed by atoms with E-state index in [4.69, 9.17) is 11.6 Å². The summed E-state index contributed by atoms with van der Waals surface area (Å²) in [7, 11) is 0. The third-order valence-corrected chi connectivity index (χ3v) is 3.26. The average Bonchev–Trinajstić information content (AvgIpc) is 2.33. The Hall–Kier alpha value is -1.66. The number of pyridine rings is 1. The molecule has 1 aromatic heterocycles. The van der Waals surface area contributed by atoms with Gasteiger partial charge in [0.05, 0.1) is 22.7 Å². The lowest BCUT2D eigenvalue weighted by atomic mass is 10.2. The maximum atomic E-state index is 10.8. The van der Waals surface area contributed by atoms with Crippen molar-refractivity contribution in [3.05, 3.63) is 55.6 Å². The van der Waals surface area contributed by atoms with E-state index in [1.165, 1.54) is 12.1 Å². The second kappa shape index (κ2) is 5.54. The van der Waals surface area contributed by atoms with Gasteiger partial charge in [0, 0.05) is 4.47 Å². The lowest BCUT2D eigenvalue weighted by Crippen LogP contribution is -1.97. The van der Waals surface area contributed by atoms with Crippen molar-refractivity contribution in [2.24, 2.45) is 0 Å². The van der Waals surface area contributed by atoms with E-state index in [0.29, 0.717) is 5.82 Å². The van der Waals surface area contributed by atoms with Crippen LogP contribution in [0.15, 0.2) is 34.8 Å². The monoisotopic (exact) mass is 341 g/mol. The molecule has 2 aromatic rings. The number of aryl methyl sites for hydroxylation is 1. The number of nitrogens with zero attached hydrogens (tertiary/aromatic N) is 2. The van der Waals surface area contributed by atoms with Gasteiger partial charge in [0.15, 0.2) is 0 Å². The topological polar surface area (TPSA) is 68.1 Å². The zero-order valence-electron chi connectivity index (χ0n) is 9.85. The molecule has 0 aliphatic rings. The molecular weight excluding hydrogens is 334 g/mol. The van der Waals surface area contributed by atoms with Gasteiger partial charge in [-0.15, -0.1) is 0 Å². The zero-order chi connectivity index (χ0) is 14.0. The molecule has 0 saturated carbocycles. The number of benzene rings is 1. The molecule has 7 heteroatoms. The van der Waals surface area contributed by atoms with Crippen LogP contribution in [0.2, 0.25) is 5.15 Å². The molecule has 98 valence electrons. The summed E-state index contributed by atoms with van der Waals surface area (Å²) in [5.74, 6) is 0.325. The summed E-state index contributed by atoms with van der Waals surface area (Å²) < 4.78 is 0.836. The van der Waals surface area contributed by atoms with Gasteiger partial charge in [-0.2, -0.15) is 0 Å². The van der Waals surface area contributed by atoms with Crippen molar-refractivity contribution in [2.45, 2.75) is 6.92 Å².